The molecule has 0 unspecified atom stereocenters. The molecule has 2 fully saturated rings. The summed E-state index contributed by atoms with van der Waals surface area (Å²) in [5.41, 5.74) is 1.25. The number of carbonyl (C=O) groups excluding carboxylic acids is 1. The minimum Gasteiger partial charge on any atom is -0.338 e. The fourth-order valence-electron chi connectivity index (χ4n) is 4.59. The molecule has 1 amide bonds. The quantitative estimate of drug-likeness (QED) is 0.915. The van der Waals surface area contributed by atoms with Gasteiger partial charge in [-0.05, 0) is 51.3 Å². The molecule has 2 aliphatic heterocycles. The number of benzene rings is 1. The van der Waals surface area contributed by atoms with Gasteiger partial charge in [-0.3, -0.25) is 9.69 Å². The molecule has 0 saturated carbocycles. The predicted octanol–water partition coefficient (Wildman–Crippen LogP) is 2.97. The van der Waals surface area contributed by atoms with Crippen LogP contribution >= 0.6 is 0 Å². The Morgan fingerprint density at radius 1 is 1.12 bits per heavy atom. The van der Waals surface area contributed by atoms with Gasteiger partial charge in [0.15, 0.2) is 0 Å². The van der Waals surface area contributed by atoms with Gasteiger partial charge in [0.25, 0.3) is 5.91 Å². The van der Waals surface area contributed by atoms with Gasteiger partial charge in [-0.2, -0.15) is 15.4 Å². The molecule has 2 aromatic rings. The molecule has 26 heavy (non-hydrogen) atoms. The molecular formula is C19H26FN5O. The van der Waals surface area contributed by atoms with Crippen molar-refractivity contribution in [2.75, 3.05) is 26.2 Å². The standard InChI is InChI=1S/C19H26FN5O/c1-2-19(25-8-4-3-5-9-25)6-10-24(11-7-19)18(26)14-12-16-17(13-15(14)20)22-23-21-16/h12-13H,2-11H2,1H3,(H,21,22,23). The van der Waals surface area contributed by atoms with Crippen LogP contribution in [-0.2, 0) is 0 Å². The Morgan fingerprint density at radius 2 is 1.77 bits per heavy atom. The van der Waals surface area contributed by atoms with Gasteiger partial charge < -0.3 is 4.90 Å². The number of aromatic amines is 1. The molecule has 0 spiro atoms. The maximum atomic E-state index is 14.4. The number of nitrogens with one attached hydrogen (secondary N) is 1. The first kappa shape index (κ1) is 17.4. The number of nitrogens with zero attached hydrogens (tertiary/aromatic N) is 4. The number of rotatable bonds is 3. The number of halogens is 1. The summed E-state index contributed by atoms with van der Waals surface area (Å²) in [5.74, 6) is -0.768. The lowest BCUT2D eigenvalue weighted by atomic mass is 9.81. The summed E-state index contributed by atoms with van der Waals surface area (Å²) in [6.07, 6.45) is 6.89. The molecule has 1 aromatic carbocycles. The average molecular weight is 359 g/mol. The number of hydrogen-bond donors (Lipinski definition) is 1. The molecule has 0 aliphatic carbocycles. The monoisotopic (exact) mass is 359 g/mol. The van der Waals surface area contributed by atoms with E-state index in [1.54, 1.807) is 4.90 Å². The number of piperidine rings is 2. The van der Waals surface area contributed by atoms with Crippen LogP contribution in [-0.4, -0.2) is 62.8 Å². The minimum absolute atomic E-state index is 0.0911. The van der Waals surface area contributed by atoms with Crippen LogP contribution in [0.5, 0.6) is 0 Å². The van der Waals surface area contributed by atoms with Crippen LogP contribution in [0.1, 0.15) is 55.8 Å². The maximum Gasteiger partial charge on any atom is 0.256 e. The Hall–Kier alpha value is -2.02. The molecule has 0 bridgehead atoms. The third-order valence-corrected chi connectivity index (χ3v) is 6.30. The summed E-state index contributed by atoms with van der Waals surface area (Å²) in [4.78, 5) is 17.3. The van der Waals surface area contributed by atoms with Crippen LogP contribution in [0.4, 0.5) is 4.39 Å². The summed E-state index contributed by atoms with van der Waals surface area (Å²) in [7, 11) is 0. The van der Waals surface area contributed by atoms with Gasteiger partial charge in [0.2, 0.25) is 0 Å². The van der Waals surface area contributed by atoms with E-state index in [1.165, 1.54) is 44.5 Å². The Balaban J connectivity index is 1.49. The van der Waals surface area contributed by atoms with Crippen LogP contribution in [0.25, 0.3) is 11.0 Å². The van der Waals surface area contributed by atoms with Crippen molar-refractivity contribution in [2.24, 2.45) is 0 Å². The van der Waals surface area contributed by atoms with Crippen molar-refractivity contribution < 1.29 is 9.18 Å². The summed E-state index contributed by atoms with van der Waals surface area (Å²) >= 11 is 0. The minimum atomic E-state index is -0.528. The van der Waals surface area contributed by atoms with Crippen molar-refractivity contribution in [3.8, 4) is 0 Å². The molecule has 4 rings (SSSR count). The van der Waals surface area contributed by atoms with Crippen molar-refractivity contribution in [1.82, 2.24) is 25.2 Å². The van der Waals surface area contributed by atoms with Crippen LogP contribution in [0.2, 0.25) is 0 Å². The van der Waals surface area contributed by atoms with E-state index in [1.807, 2.05) is 0 Å². The van der Waals surface area contributed by atoms with Gasteiger partial charge in [0.05, 0.1) is 5.56 Å². The van der Waals surface area contributed by atoms with E-state index >= 15 is 0 Å². The summed E-state index contributed by atoms with van der Waals surface area (Å²) < 4.78 is 14.4. The molecule has 7 heteroatoms. The molecule has 2 aliphatic rings. The summed E-state index contributed by atoms with van der Waals surface area (Å²) in [5, 5.41) is 10.3. The van der Waals surface area contributed by atoms with E-state index in [9.17, 15) is 9.18 Å². The maximum absolute atomic E-state index is 14.4. The van der Waals surface area contributed by atoms with E-state index in [0.717, 1.165) is 19.3 Å². The fourth-order valence-corrected chi connectivity index (χ4v) is 4.59. The first-order valence-corrected chi connectivity index (χ1v) is 9.67. The van der Waals surface area contributed by atoms with Gasteiger partial charge in [0.1, 0.15) is 16.9 Å². The number of carbonyl (C=O) groups is 1. The first-order chi connectivity index (χ1) is 12.6. The molecule has 0 radical (unpaired) electrons. The Kier molecular flexibility index (Phi) is 4.65. The topological polar surface area (TPSA) is 65.1 Å². The van der Waals surface area contributed by atoms with E-state index < -0.39 is 5.82 Å². The van der Waals surface area contributed by atoms with Crippen LogP contribution in [0.15, 0.2) is 12.1 Å². The van der Waals surface area contributed by atoms with E-state index in [-0.39, 0.29) is 17.0 Å². The van der Waals surface area contributed by atoms with Gasteiger partial charge in [-0.25, -0.2) is 4.39 Å². The van der Waals surface area contributed by atoms with Crippen molar-refractivity contribution in [3.05, 3.63) is 23.5 Å². The zero-order valence-corrected chi connectivity index (χ0v) is 15.3. The van der Waals surface area contributed by atoms with E-state index in [4.69, 9.17) is 0 Å². The molecule has 2 saturated heterocycles. The SMILES string of the molecule is CCC1(N2CCCCC2)CCN(C(=O)c2cc3n[nH]nc3cc2F)CC1. The van der Waals surface area contributed by atoms with Crippen LogP contribution in [0, 0.1) is 5.82 Å². The van der Waals surface area contributed by atoms with Crippen molar-refractivity contribution >= 4 is 16.9 Å². The summed E-state index contributed by atoms with van der Waals surface area (Å²) in [6, 6.07) is 2.78. The lowest BCUT2D eigenvalue weighted by molar-refractivity contribution is 0.00677. The molecule has 1 aromatic heterocycles. The van der Waals surface area contributed by atoms with Crippen LogP contribution < -0.4 is 0 Å². The molecule has 0 atom stereocenters. The van der Waals surface area contributed by atoms with Crippen molar-refractivity contribution in [2.45, 2.75) is 51.0 Å². The second kappa shape index (κ2) is 6.95. The second-order valence-electron chi connectivity index (χ2n) is 7.56. The molecule has 1 N–H and O–H groups in total. The van der Waals surface area contributed by atoms with Gasteiger partial charge >= 0.3 is 0 Å². The van der Waals surface area contributed by atoms with Gasteiger partial charge in [0, 0.05) is 24.7 Å². The molecule has 140 valence electrons. The number of aromatic nitrogens is 3. The Morgan fingerprint density at radius 3 is 2.42 bits per heavy atom. The third-order valence-electron chi connectivity index (χ3n) is 6.30. The first-order valence-electron chi connectivity index (χ1n) is 9.67. The Labute approximate surface area is 152 Å². The summed E-state index contributed by atoms with van der Waals surface area (Å²) in [6.45, 7) is 5.95. The van der Waals surface area contributed by atoms with Crippen molar-refractivity contribution in [1.29, 1.82) is 0 Å². The molecule has 6 nitrogen and oxygen atoms in total. The van der Waals surface area contributed by atoms with E-state index in [2.05, 4.69) is 27.2 Å². The van der Waals surface area contributed by atoms with Gasteiger partial charge in [-0.15, -0.1) is 0 Å². The third kappa shape index (κ3) is 2.98. The van der Waals surface area contributed by atoms with Gasteiger partial charge in [-0.1, -0.05) is 13.3 Å². The highest BCUT2D eigenvalue weighted by molar-refractivity contribution is 5.97. The highest BCUT2D eigenvalue weighted by atomic mass is 19.1. The predicted molar refractivity (Wildman–Crippen MR) is 97.4 cm³/mol. The lowest BCUT2D eigenvalue weighted by Crippen LogP contribution is -2.57. The number of hydrogen-bond acceptors (Lipinski definition) is 4. The highest BCUT2D eigenvalue weighted by Crippen LogP contribution is 2.35. The number of likely N-dealkylation sites (tertiary alicyclic amines) is 2. The fraction of sp³-hybridized carbons (Fsp3) is 0.632. The largest absolute Gasteiger partial charge is 0.338 e. The number of amides is 1. The lowest BCUT2D eigenvalue weighted by Gasteiger charge is -2.50. The number of H-pyrrole nitrogens is 1. The second-order valence-corrected chi connectivity index (χ2v) is 7.56. The zero-order valence-electron chi connectivity index (χ0n) is 15.3. The zero-order chi connectivity index (χ0) is 18.1. The van der Waals surface area contributed by atoms with Crippen LogP contribution in [0.3, 0.4) is 0 Å². The highest BCUT2D eigenvalue weighted by Gasteiger charge is 2.40. The molecular weight excluding hydrogens is 333 g/mol. The average Bonchev–Trinajstić information content (AvgIpc) is 3.15. The normalized spacial score (nSPS) is 21.2. The number of fused-ring (bicyclic) bond motifs is 1. The smallest absolute Gasteiger partial charge is 0.256 e. The molecule has 3 heterocycles. The Bertz CT molecular complexity index is 790. The van der Waals surface area contributed by atoms with E-state index in [0.29, 0.717) is 24.1 Å². The van der Waals surface area contributed by atoms with Crippen molar-refractivity contribution in [3.63, 3.8) is 0 Å².